The lowest BCUT2D eigenvalue weighted by Crippen LogP contribution is -2.55. The molecule has 0 atom stereocenters. The zero-order chi connectivity index (χ0) is 44.2. The lowest BCUT2D eigenvalue weighted by Gasteiger charge is -2.25. The maximum absolute atomic E-state index is 5.51. The molecule has 0 bridgehead atoms. The normalized spacial score (nSPS) is 11.5. The quantitative estimate of drug-likeness (QED) is 0.126. The SMILES string of the molecule is Bc1c(B)c(B)c(-c2cc(-c3c(B)c(B)c(B)c(B)c3B)cc(-c3c4ccccc4c(-n4c(-c5c(B)c(B)c(B)c(B)c5B)nc5ccccc54)c4ccccc34)c2)c(B)c1B. The zero-order valence-electron chi connectivity index (χ0n) is 39.6. The Labute approximate surface area is 381 Å². The molecule has 2 nitrogen and oxygen atoms in total. The van der Waals surface area contributed by atoms with Gasteiger partial charge in [-0.1, -0.05) is 93.4 Å². The Kier molecular flexibility index (Phi) is 10.5. The number of benzene rings is 8. The van der Waals surface area contributed by atoms with Crippen molar-refractivity contribution >= 4 is 232 Å². The van der Waals surface area contributed by atoms with Crippen LogP contribution in [-0.2, 0) is 0 Å². The van der Waals surface area contributed by atoms with Crippen LogP contribution in [0.15, 0.2) is 91.0 Å². The molecule has 0 radical (unpaired) electrons. The molecule has 17 heteroatoms. The molecule has 0 aliphatic rings. The molecular formula is C45H45B15N2. The van der Waals surface area contributed by atoms with Crippen molar-refractivity contribution in [3.63, 3.8) is 0 Å². The lowest BCUT2D eigenvalue weighted by molar-refractivity contribution is 1.13. The summed E-state index contributed by atoms with van der Waals surface area (Å²) in [4.78, 5) is 5.51. The highest BCUT2D eigenvalue weighted by Crippen LogP contribution is 2.44. The molecule has 0 amide bonds. The number of para-hydroxylation sites is 2. The molecule has 1 aromatic heterocycles. The van der Waals surface area contributed by atoms with Gasteiger partial charge in [0.25, 0.3) is 0 Å². The number of imidazole rings is 1. The fraction of sp³-hybridized carbons (Fsp3) is 0. The molecule has 0 aliphatic carbocycles. The number of aromatic nitrogens is 2. The van der Waals surface area contributed by atoms with E-state index in [1.807, 2.05) is 0 Å². The van der Waals surface area contributed by atoms with Crippen molar-refractivity contribution in [1.29, 1.82) is 0 Å². The summed E-state index contributed by atoms with van der Waals surface area (Å²) in [5.74, 6) is 0.992. The van der Waals surface area contributed by atoms with Gasteiger partial charge in [-0.25, -0.2) is 4.98 Å². The number of hydrogen-bond acceptors (Lipinski definition) is 1. The standard InChI is InChI=1S/C45H45B15N2/c46-29-26(30(47)36(53)41(58)35(29)52)17-13-16(14-18(15-17)27-31(48)37(54)42(59)38(55)32(27)49)25-19-7-1-3-9-21(19)44(22-10-4-2-8-20(22)25)62-24-12-6-5-11-23(24)61-45(62)28-33(50)39(56)43(60)40(57)34(28)51/h1-15H,46-60H2. The second-order valence-corrected chi connectivity index (χ2v) is 18.4. The minimum atomic E-state index is 0.992. The van der Waals surface area contributed by atoms with E-state index in [-0.39, 0.29) is 0 Å². The third-order valence-corrected chi connectivity index (χ3v) is 15.7. The molecule has 280 valence electrons. The summed E-state index contributed by atoms with van der Waals surface area (Å²) >= 11 is 0. The second-order valence-electron chi connectivity index (χ2n) is 18.4. The number of hydrogen-bond donors (Lipinski definition) is 0. The molecule has 0 fully saturated rings. The largest absolute Gasteiger partial charge is 0.291 e. The van der Waals surface area contributed by atoms with Gasteiger partial charge in [-0.2, -0.15) is 0 Å². The van der Waals surface area contributed by atoms with Crippen LogP contribution in [0, 0.1) is 0 Å². The van der Waals surface area contributed by atoms with E-state index in [0.29, 0.717) is 0 Å². The summed E-state index contributed by atoms with van der Waals surface area (Å²) in [6.07, 6.45) is 0. The predicted molar refractivity (Wildman–Crippen MR) is 320 cm³/mol. The zero-order valence-corrected chi connectivity index (χ0v) is 39.6. The van der Waals surface area contributed by atoms with Gasteiger partial charge in [-0.3, -0.25) is 4.57 Å². The highest BCUT2D eigenvalue weighted by Gasteiger charge is 2.26. The molecule has 0 N–H and O–H groups in total. The van der Waals surface area contributed by atoms with Crippen LogP contribution in [0.25, 0.3) is 83.0 Å². The van der Waals surface area contributed by atoms with E-state index in [0.717, 1.165) is 16.9 Å². The van der Waals surface area contributed by atoms with E-state index in [4.69, 9.17) is 4.98 Å². The second kappa shape index (κ2) is 15.5. The molecule has 9 rings (SSSR count). The van der Waals surface area contributed by atoms with Crippen LogP contribution in [0.5, 0.6) is 0 Å². The first kappa shape index (κ1) is 42.0. The van der Waals surface area contributed by atoms with Gasteiger partial charge >= 0.3 is 0 Å². The van der Waals surface area contributed by atoms with Crippen molar-refractivity contribution < 1.29 is 0 Å². The van der Waals surface area contributed by atoms with Crippen LogP contribution in [0.3, 0.4) is 0 Å². The average molecular weight is 776 g/mol. The highest BCUT2D eigenvalue weighted by molar-refractivity contribution is 6.71. The van der Waals surface area contributed by atoms with Crippen molar-refractivity contribution in [1.82, 2.24) is 9.55 Å². The monoisotopic (exact) mass is 778 g/mol. The van der Waals surface area contributed by atoms with Crippen LogP contribution in [0.2, 0.25) is 0 Å². The Hall–Kier alpha value is -5.28. The third-order valence-electron chi connectivity index (χ3n) is 15.7. The summed E-state index contributed by atoms with van der Waals surface area (Å²) in [6, 6.07) is 34.3. The van der Waals surface area contributed by atoms with Gasteiger partial charge in [0.1, 0.15) is 124 Å². The fourth-order valence-corrected chi connectivity index (χ4v) is 10.8. The lowest BCUT2D eigenvalue weighted by atomic mass is 9.59. The molecular weight excluding hydrogens is 731 g/mol. The number of fused-ring (bicyclic) bond motifs is 3. The Bertz CT molecular complexity index is 3200. The van der Waals surface area contributed by atoms with Gasteiger partial charge in [0.15, 0.2) is 0 Å². The third kappa shape index (κ3) is 6.19. The molecule has 0 unspecified atom stereocenters. The van der Waals surface area contributed by atoms with Gasteiger partial charge in [0, 0.05) is 16.3 Å². The van der Waals surface area contributed by atoms with E-state index in [2.05, 4.69) is 213 Å². The molecule has 0 aliphatic heterocycles. The van der Waals surface area contributed by atoms with Gasteiger partial charge in [-0.05, 0) is 74.5 Å². The van der Waals surface area contributed by atoms with Gasteiger partial charge < -0.3 is 0 Å². The number of nitrogens with zero attached hydrogens (tertiary/aromatic N) is 2. The van der Waals surface area contributed by atoms with E-state index in [9.17, 15) is 0 Å². The Morgan fingerprint density at radius 1 is 0.306 bits per heavy atom. The first-order valence-corrected chi connectivity index (χ1v) is 22.3. The summed E-state index contributed by atoms with van der Waals surface area (Å²) in [6.45, 7) is 0. The van der Waals surface area contributed by atoms with Crippen LogP contribution in [-0.4, -0.2) is 127 Å². The van der Waals surface area contributed by atoms with E-state index in [1.54, 1.807) is 0 Å². The Balaban J connectivity index is 1.45. The van der Waals surface area contributed by atoms with Crippen LogP contribution in [0.1, 0.15) is 0 Å². The average Bonchev–Trinajstić information content (AvgIpc) is 3.65. The van der Waals surface area contributed by atoms with Crippen molar-refractivity contribution in [2.75, 3.05) is 0 Å². The van der Waals surface area contributed by atoms with Crippen LogP contribution in [0.4, 0.5) is 0 Å². The predicted octanol–water partition coefficient (Wildman–Crippen LogP) is -14.1. The molecule has 9 aromatic rings. The Morgan fingerprint density at radius 3 is 1.02 bits per heavy atom. The molecule has 1 heterocycles. The minimum absolute atomic E-state index is 0.992. The summed E-state index contributed by atoms with van der Waals surface area (Å²) < 4.78 is 2.48. The smallest absolute Gasteiger partial charge is 0.144 e. The van der Waals surface area contributed by atoms with Gasteiger partial charge in [0.05, 0.1) is 16.7 Å². The Morgan fingerprint density at radius 2 is 0.613 bits per heavy atom. The molecule has 8 aromatic carbocycles. The molecule has 0 spiro atoms. The number of rotatable bonds is 5. The molecule has 0 saturated heterocycles. The molecule has 62 heavy (non-hydrogen) atoms. The summed E-state index contributed by atoms with van der Waals surface area (Å²) in [5.41, 5.74) is 32.5. The van der Waals surface area contributed by atoms with E-state index in [1.165, 1.54) is 148 Å². The fourth-order valence-electron chi connectivity index (χ4n) is 10.8. The van der Waals surface area contributed by atoms with E-state index < -0.39 is 0 Å². The highest BCUT2D eigenvalue weighted by atomic mass is 15.1. The topological polar surface area (TPSA) is 17.8 Å². The van der Waals surface area contributed by atoms with E-state index >= 15 is 0 Å². The van der Waals surface area contributed by atoms with Crippen molar-refractivity contribution in [2.45, 2.75) is 0 Å². The first-order chi connectivity index (χ1) is 29.5. The van der Waals surface area contributed by atoms with Gasteiger partial charge in [-0.15, -0.1) is 49.2 Å². The maximum atomic E-state index is 5.51. The summed E-state index contributed by atoms with van der Waals surface area (Å²) in [5, 5.41) is 4.87. The van der Waals surface area contributed by atoms with Crippen molar-refractivity contribution in [3.8, 4) is 50.5 Å². The van der Waals surface area contributed by atoms with Crippen molar-refractivity contribution in [3.05, 3.63) is 91.0 Å². The van der Waals surface area contributed by atoms with Gasteiger partial charge in [0.2, 0.25) is 0 Å². The first-order valence-electron chi connectivity index (χ1n) is 22.3. The minimum Gasteiger partial charge on any atom is -0.291 e. The van der Waals surface area contributed by atoms with Crippen LogP contribution < -0.4 is 81.9 Å². The maximum Gasteiger partial charge on any atom is 0.144 e. The summed E-state index contributed by atoms with van der Waals surface area (Å²) in [7, 11) is 34.3. The molecule has 0 saturated carbocycles. The van der Waals surface area contributed by atoms with Crippen molar-refractivity contribution in [2.24, 2.45) is 0 Å². The van der Waals surface area contributed by atoms with Crippen LogP contribution >= 0.6 is 0 Å².